The summed E-state index contributed by atoms with van der Waals surface area (Å²) >= 11 is 0. The molecule has 7 heteroatoms. The zero-order valence-electron chi connectivity index (χ0n) is 20.1. The maximum absolute atomic E-state index is 13.0. The topological polar surface area (TPSA) is 101 Å². The largest absolute Gasteiger partial charge is 0.478 e. The van der Waals surface area contributed by atoms with Crippen molar-refractivity contribution in [1.29, 1.82) is 0 Å². The van der Waals surface area contributed by atoms with E-state index in [1.165, 1.54) is 19.3 Å². The van der Waals surface area contributed by atoms with Crippen LogP contribution in [0.1, 0.15) is 85.2 Å². The van der Waals surface area contributed by atoms with Gasteiger partial charge in [0.05, 0.1) is 11.3 Å². The molecular weight excluding hydrogens is 440 g/mol. The quantitative estimate of drug-likeness (QED) is 0.376. The molecule has 1 fully saturated rings. The lowest BCUT2D eigenvalue weighted by Gasteiger charge is -2.22. The first-order valence-electron chi connectivity index (χ1n) is 12.3. The molecule has 0 bridgehead atoms. The summed E-state index contributed by atoms with van der Waals surface area (Å²) in [7, 11) is 0. The van der Waals surface area contributed by atoms with E-state index in [0.29, 0.717) is 29.1 Å². The van der Waals surface area contributed by atoms with Gasteiger partial charge in [0.25, 0.3) is 5.56 Å². The van der Waals surface area contributed by atoms with E-state index >= 15 is 0 Å². The average molecular weight is 471 g/mol. The van der Waals surface area contributed by atoms with Crippen LogP contribution in [0, 0.1) is 0 Å². The first-order chi connectivity index (χ1) is 16.9. The lowest BCUT2D eigenvalue weighted by atomic mass is 9.88. The average Bonchev–Trinajstić information content (AvgIpc) is 3.25. The van der Waals surface area contributed by atoms with Crippen LogP contribution in [0.5, 0.6) is 0 Å². The number of carboxylic acid groups (broad SMARTS) is 1. The van der Waals surface area contributed by atoms with Gasteiger partial charge in [0.15, 0.2) is 0 Å². The number of aromatic amines is 1. The van der Waals surface area contributed by atoms with Crippen LogP contribution in [0.3, 0.4) is 0 Å². The molecule has 1 aliphatic rings. The van der Waals surface area contributed by atoms with Crippen molar-refractivity contribution in [2.75, 3.05) is 0 Å². The fourth-order valence-electron chi connectivity index (χ4n) is 5.22. The molecule has 1 aliphatic carbocycles. The lowest BCUT2D eigenvalue weighted by Crippen LogP contribution is -2.18. The number of carbonyl (C=O) groups is 1. The number of nitrogens with one attached hydrogen (secondary N) is 1. The van der Waals surface area contributed by atoms with Gasteiger partial charge in [-0.3, -0.25) is 4.79 Å². The van der Waals surface area contributed by atoms with E-state index in [1.54, 1.807) is 12.1 Å². The molecule has 4 aromatic rings. The van der Waals surface area contributed by atoms with Crippen LogP contribution in [0.15, 0.2) is 53.3 Å². The number of H-pyrrole nitrogens is 1. The molecule has 2 heterocycles. The van der Waals surface area contributed by atoms with Gasteiger partial charge in [0.2, 0.25) is 0 Å². The van der Waals surface area contributed by atoms with Gasteiger partial charge in [0, 0.05) is 12.5 Å². The maximum atomic E-state index is 13.0. The van der Waals surface area contributed by atoms with Gasteiger partial charge >= 0.3 is 5.97 Å². The van der Waals surface area contributed by atoms with Crippen LogP contribution in [-0.2, 0) is 6.54 Å². The molecule has 0 atom stereocenters. The monoisotopic (exact) mass is 470 g/mol. The van der Waals surface area contributed by atoms with Gasteiger partial charge < -0.3 is 9.67 Å². The van der Waals surface area contributed by atoms with Crippen molar-refractivity contribution >= 4 is 17.0 Å². The van der Waals surface area contributed by atoms with Crippen LogP contribution in [-0.4, -0.2) is 30.8 Å². The van der Waals surface area contributed by atoms with Crippen molar-refractivity contribution in [2.24, 2.45) is 0 Å². The van der Waals surface area contributed by atoms with Gasteiger partial charge in [-0.15, -0.1) is 0 Å². The fraction of sp³-hybridized carbons (Fsp3) is 0.357. The summed E-state index contributed by atoms with van der Waals surface area (Å²) in [4.78, 5) is 29.6. The third-order valence-electron chi connectivity index (χ3n) is 7.01. The third-order valence-corrected chi connectivity index (χ3v) is 7.01. The molecule has 2 aromatic heterocycles. The van der Waals surface area contributed by atoms with Crippen molar-refractivity contribution in [1.82, 2.24) is 19.7 Å². The summed E-state index contributed by atoms with van der Waals surface area (Å²) < 4.78 is 2.08. The second-order valence-corrected chi connectivity index (χ2v) is 9.73. The Hall–Kier alpha value is -3.74. The standard InChI is InChI=1S/C28H30N4O3/c1-17(2)23-24-25(27(33)31-30-23)32(26(29-24)20-8-4-3-5-9-20)16-18-12-14-19(15-13-18)21-10-6-7-11-22(21)28(34)35/h6-7,10-15,17,20H,3-5,8-9,16H2,1-2H3,(H,31,33)(H,34,35). The number of nitrogens with zero attached hydrogens (tertiary/aromatic N) is 3. The minimum atomic E-state index is -0.944. The highest BCUT2D eigenvalue weighted by Gasteiger charge is 2.26. The molecule has 7 nitrogen and oxygen atoms in total. The lowest BCUT2D eigenvalue weighted by molar-refractivity contribution is 0.0697. The van der Waals surface area contributed by atoms with Crippen LogP contribution in [0.2, 0.25) is 0 Å². The van der Waals surface area contributed by atoms with Crippen molar-refractivity contribution in [3.05, 3.63) is 81.5 Å². The molecular formula is C28H30N4O3. The number of hydrogen-bond acceptors (Lipinski definition) is 4. The number of carboxylic acids is 1. The van der Waals surface area contributed by atoms with Gasteiger partial charge in [-0.05, 0) is 41.5 Å². The van der Waals surface area contributed by atoms with Gasteiger partial charge in [-0.2, -0.15) is 5.10 Å². The number of imidazole rings is 1. The number of benzene rings is 2. The number of aromatic carboxylic acids is 1. The van der Waals surface area contributed by atoms with E-state index in [1.807, 2.05) is 36.4 Å². The number of fused-ring (bicyclic) bond motifs is 1. The Balaban J connectivity index is 1.57. The van der Waals surface area contributed by atoms with Gasteiger partial charge in [0.1, 0.15) is 16.9 Å². The van der Waals surface area contributed by atoms with Crippen molar-refractivity contribution in [3.63, 3.8) is 0 Å². The van der Waals surface area contributed by atoms with Crippen LogP contribution in [0.4, 0.5) is 0 Å². The fourth-order valence-corrected chi connectivity index (χ4v) is 5.22. The predicted molar refractivity (Wildman–Crippen MR) is 136 cm³/mol. The SMILES string of the molecule is CC(C)c1n[nH]c(=O)c2c1nc(C1CCCCC1)n2Cc1ccc(-c2ccccc2C(=O)O)cc1. The molecule has 5 rings (SSSR count). The molecule has 0 saturated heterocycles. The normalized spacial score (nSPS) is 14.6. The Labute approximate surface area is 203 Å². The molecule has 180 valence electrons. The molecule has 0 radical (unpaired) electrons. The van der Waals surface area contributed by atoms with Crippen molar-refractivity contribution in [2.45, 2.75) is 64.3 Å². The van der Waals surface area contributed by atoms with Crippen LogP contribution >= 0.6 is 0 Å². The first-order valence-corrected chi connectivity index (χ1v) is 12.3. The van der Waals surface area contributed by atoms with E-state index in [4.69, 9.17) is 4.98 Å². The summed E-state index contributed by atoms with van der Waals surface area (Å²) in [5, 5.41) is 16.6. The highest BCUT2D eigenvalue weighted by atomic mass is 16.4. The van der Waals surface area contributed by atoms with E-state index in [-0.39, 0.29) is 17.0 Å². The molecule has 0 spiro atoms. The second-order valence-electron chi connectivity index (χ2n) is 9.73. The van der Waals surface area contributed by atoms with E-state index in [9.17, 15) is 14.7 Å². The van der Waals surface area contributed by atoms with E-state index in [0.717, 1.165) is 35.5 Å². The Morgan fingerprint density at radius 3 is 2.49 bits per heavy atom. The summed E-state index contributed by atoms with van der Waals surface area (Å²) in [6, 6.07) is 14.9. The minimum Gasteiger partial charge on any atom is -0.478 e. The highest BCUT2D eigenvalue weighted by Crippen LogP contribution is 2.35. The van der Waals surface area contributed by atoms with E-state index in [2.05, 4.69) is 28.6 Å². The predicted octanol–water partition coefficient (Wildman–Crippen LogP) is 5.70. The highest BCUT2D eigenvalue weighted by molar-refractivity contribution is 5.96. The molecule has 2 aromatic carbocycles. The zero-order valence-corrected chi connectivity index (χ0v) is 20.1. The maximum Gasteiger partial charge on any atom is 0.336 e. The Morgan fingerprint density at radius 2 is 1.80 bits per heavy atom. The van der Waals surface area contributed by atoms with Gasteiger partial charge in [-0.25, -0.2) is 14.9 Å². The third kappa shape index (κ3) is 4.38. The Kier molecular flexibility index (Phi) is 6.24. The summed E-state index contributed by atoms with van der Waals surface area (Å²) in [5.74, 6) is 0.503. The molecule has 2 N–H and O–H groups in total. The number of aromatic nitrogens is 4. The van der Waals surface area contributed by atoms with Crippen molar-refractivity contribution in [3.8, 4) is 11.1 Å². The number of hydrogen-bond donors (Lipinski definition) is 2. The Morgan fingerprint density at radius 1 is 1.09 bits per heavy atom. The van der Waals surface area contributed by atoms with E-state index < -0.39 is 5.97 Å². The molecule has 0 amide bonds. The first kappa shape index (κ1) is 23.0. The smallest absolute Gasteiger partial charge is 0.336 e. The van der Waals surface area contributed by atoms with Crippen LogP contribution in [0.25, 0.3) is 22.2 Å². The minimum absolute atomic E-state index is 0.144. The second kappa shape index (κ2) is 9.49. The summed E-state index contributed by atoms with van der Waals surface area (Å²) in [5.41, 5.74) is 4.73. The molecule has 0 unspecified atom stereocenters. The van der Waals surface area contributed by atoms with Crippen LogP contribution < -0.4 is 5.56 Å². The molecule has 0 aliphatic heterocycles. The van der Waals surface area contributed by atoms with Gasteiger partial charge in [-0.1, -0.05) is 75.6 Å². The summed E-state index contributed by atoms with van der Waals surface area (Å²) in [6.07, 6.45) is 5.76. The zero-order chi connectivity index (χ0) is 24.5. The number of rotatable bonds is 6. The van der Waals surface area contributed by atoms with Crippen molar-refractivity contribution < 1.29 is 9.90 Å². The summed E-state index contributed by atoms with van der Waals surface area (Å²) in [6.45, 7) is 4.65. The molecule has 1 saturated carbocycles. The Bertz CT molecular complexity index is 1430. The molecule has 35 heavy (non-hydrogen) atoms.